The Kier molecular flexibility index (Phi) is 4.85. The summed E-state index contributed by atoms with van der Waals surface area (Å²) in [6, 6.07) is 16.9. The van der Waals surface area contributed by atoms with Crippen molar-refractivity contribution in [2.24, 2.45) is 5.73 Å². The van der Waals surface area contributed by atoms with Gasteiger partial charge in [-0.2, -0.15) is 0 Å². The van der Waals surface area contributed by atoms with Gasteiger partial charge in [0.25, 0.3) is 0 Å². The van der Waals surface area contributed by atoms with Crippen LogP contribution in [0.5, 0.6) is 0 Å². The van der Waals surface area contributed by atoms with Crippen molar-refractivity contribution in [2.45, 2.75) is 25.8 Å². The molecule has 0 spiro atoms. The third-order valence-electron chi connectivity index (χ3n) is 2.16. The van der Waals surface area contributed by atoms with Crippen LogP contribution in [-0.4, -0.2) is 11.3 Å². The van der Waals surface area contributed by atoms with E-state index in [9.17, 15) is 4.79 Å². The van der Waals surface area contributed by atoms with Crippen LogP contribution in [0.1, 0.15) is 30.6 Å². The minimum atomic E-state index is -0.472. The molecular formula is C15H19NO. The quantitative estimate of drug-likeness (QED) is 0.809. The van der Waals surface area contributed by atoms with Crippen LogP contribution in [0.15, 0.2) is 54.6 Å². The van der Waals surface area contributed by atoms with Crippen molar-refractivity contribution < 1.29 is 4.79 Å². The fourth-order valence-electron chi connectivity index (χ4n) is 1.40. The molecule has 90 valence electrons. The van der Waals surface area contributed by atoms with Crippen molar-refractivity contribution in [3.05, 3.63) is 60.2 Å². The lowest BCUT2D eigenvalue weighted by molar-refractivity contribution is 0.0960. The average Bonchev–Trinajstić information content (AvgIpc) is 2.23. The maximum atomic E-state index is 12.0. The molecule has 0 aliphatic heterocycles. The number of carbonyl (C=O) groups excluding carboxylic acids is 1. The van der Waals surface area contributed by atoms with Gasteiger partial charge in [-0.3, -0.25) is 4.79 Å². The van der Waals surface area contributed by atoms with E-state index in [4.69, 9.17) is 5.73 Å². The standard InChI is InChI=1S/C15H19NO/c1-15(2,16)12-14(17)13-10-8-6-4-3-5-7-9-11-13/h3-11H,12,16H2,1-2H3. The molecule has 1 aromatic carbocycles. The summed E-state index contributed by atoms with van der Waals surface area (Å²) in [5, 5.41) is 0. The Morgan fingerprint density at radius 2 is 1.41 bits per heavy atom. The fraction of sp³-hybridized carbons (Fsp3) is 0.267. The molecule has 0 fully saturated rings. The van der Waals surface area contributed by atoms with E-state index < -0.39 is 5.54 Å². The molecule has 0 amide bonds. The largest absolute Gasteiger partial charge is 0.325 e. The van der Waals surface area contributed by atoms with Gasteiger partial charge in [0.1, 0.15) is 0 Å². The molecular weight excluding hydrogens is 210 g/mol. The Bertz CT molecular complexity index is 406. The second-order valence-electron chi connectivity index (χ2n) is 4.72. The van der Waals surface area contributed by atoms with Crippen molar-refractivity contribution in [2.75, 3.05) is 0 Å². The highest BCUT2D eigenvalue weighted by molar-refractivity contribution is 5.96. The third-order valence-corrected chi connectivity index (χ3v) is 2.16. The molecule has 0 unspecified atom stereocenters. The Morgan fingerprint density at radius 3 is 1.82 bits per heavy atom. The summed E-state index contributed by atoms with van der Waals surface area (Å²) in [5.41, 5.74) is 6.06. The second-order valence-corrected chi connectivity index (χ2v) is 4.72. The molecule has 2 N–H and O–H groups in total. The predicted molar refractivity (Wildman–Crippen MR) is 71.3 cm³/mol. The topological polar surface area (TPSA) is 43.1 Å². The Labute approximate surface area is 103 Å². The van der Waals surface area contributed by atoms with E-state index >= 15 is 0 Å². The molecule has 0 aromatic heterocycles. The molecule has 0 aliphatic rings. The molecule has 0 aliphatic carbocycles. The summed E-state index contributed by atoms with van der Waals surface area (Å²) in [6.45, 7) is 3.71. The van der Waals surface area contributed by atoms with Crippen LogP contribution in [-0.2, 0) is 0 Å². The lowest BCUT2D eigenvalue weighted by atomic mass is 9.96. The van der Waals surface area contributed by atoms with Crippen LogP contribution in [0.25, 0.3) is 0 Å². The summed E-state index contributed by atoms with van der Waals surface area (Å²) in [4.78, 5) is 12.0. The zero-order valence-electron chi connectivity index (χ0n) is 10.4. The van der Waals surface area contributed by atoms with Crippen molar-refractivity contribution >= 4 is 5.78 Å². The number of carbonyl (C=O) groups is 1. The van der Waals surface area contributed by atoms with Gasteiger partial charge in [0.2, 0.25) is 0 Å². The van der Waals surface area contributed by atoms with E-state index in [0.717, 1.165) is 0 Å². The number of ketones is 1. The van der Waals surface area contributed by atoms with Gasteiger partial charge in [-0.15, -0.1) is 0 Å². The molecule has 2 heteroatoms. The van der Waals surface area contributed by atoms with Crippen LogP contribution in [0.2, 0.25) is 0 Å². The minimum Gasteiger partial charge on any atom is -0.325 e. The first-order chi connectivity index (χ1) is 7.99. The van der Waals surface area contributed by atoms with Crippen molar-refractivity contribution in [1.29, 1.82) is 0 Å². The summed E-state index contributed by atoms with van der Waals surface area (Å²) < 4.78 is 0. The molecule has 0 bridgehead atoms. The van der Waals surface area contributed by atoms with Crippen LogP contribution in [0.3, 0.4) is 0 Å². The van der Waals surface area contributed by atoms with Crippen LogP contribution >= 0.6 is 0 Å². The molecule has 1 aromatic rings. The fourth-order valence-corrected chi connectivity index (χ4v) is 1.40. The molecule has 17 heavy (non-hydrogen) atoms. The SMILES string of the molecule is CC(C)(N)CC(=O)c1ccccccccc1. The zero-order valence-corrected chi connectivity index (χ0v) is 10.4. The van der Waals surface area contributed by atoms with Gasteiger partial charge in [-0.05, 0) is 13.8 Å². The number of hydrogen-bond donors (Lipinski definition) is 1. The highest BCUT2D eigenvalue weighted by Gasteiger charge is 2.16. The van der Waals surface area contributed by atoms with E-state index in [1.807, 2.05) is 68.4 Å². The van der Waals surface area contributed by atoms with Gasteiger partial charge < -0.3 is 5.73 Å². The Balaban J connectivity index is 3.02. The van der Waals surface area contributed by atoms with Gasteiger partial charge in [0.15, 0.2) is 5.78 Å². The maximum absolute atomic E-state index is 12.0. The number of Topliss-reactive ketones (excluding diaryl/α,β-unsaturated/α-hetero) is 1. The minimum absolute atomic E-state index is 0.0661. The summed E-state index contributed by atoms with van der Waals surface area (Å²) in [6.07, 6.45) is 0.344. The molecule has 1 rings (SSSR count). The van der Waals surface area contributed by atoms with Crippen molar-refractivity contribution in [1.82, 2.24) is 0 Å². The van der Waals surface area contributed by atoms with Crippen LogP contribution in [0.4, 0.5) is 0 Å². The van der Waals surface area contributed by atoms with Gasteiger partial charge in [0.05, 0.1) is 0 Å². The average molecular weight is 229 g/mol. The molecule has 0 atom stereocenters. The molecule has 0 saturated heterocycles. The normalized spacial score (nSPS) is 10.5. The zero-order chi connectivity index (χ0) is 12.7. The van der Waals surface area contributed by atoms with Gasteiger partial charge in [-0.25, -0.2) is 0 Å². The molecule has 0 saturated carbocycles. The van der Waals surface area contributed by atoms with Crippen molar-refractivity contribution in [3.8, 4) is 0 Å². The van der Waals surface area contributed by atoms with E-state index in [1.165, 1.54) is 0 Å². The van der Waals surface area contributed by atoms with Crippen LogP contribution < -0.4 is 5.73 Å². The summed E-state index contributed by atoms with van der Waals surface area (Å²) in [7, 11) is 0. The lowest BCUT2D eigenvalue weighted by Crippen LogP contribution is -2.34. The second kappa shape index (κ2) is 6.16. The van der Waals surface area contributed by atoms with E-state index in [-0.39, 0.29) is 5.78 Å². The number of hydrogen-bond acceptors (Lipinski definition) is 2. The van der Waals surface area contributed by atoms with Crippen molar-refractivity contribution in [3.63, 3.8) is 0 Å². The Hall–Kier alpha value is -1.67. The Morgan fingerprint density at radius 1 is 1.00 bits per heavy atom. The number of nitrogens with two attached hydrogens (primary N) is 1. The molecule has 2 nitrogen and oxygen atoms in total. The van der Waals surface area contributed by atoms with E-state index in [1.54, 1.807) is 0 Å². The summed E-state index contributed by atoms with van der Waals surface area (Å²) >= 11 is 0. The predicted octanol–water partition coefficient (Wildman–Crippen LogP) is 3.12. The van der Waals surface area contributed by atoms with E-state index in [0.29, 0.717) is 12.0 Å². The van der Waals surface area contributed by atoms with E-state index in [2.05, 4.69) is 0 Å². The highest BCUT2D eigenvalue weighted by atomic mass is 16.1. The van der Waals surface area contributed by atoms with Gasteiger partial charge in [-0.1, -0.05) is 54.6 Å². The first kappa shape index (κ1) is 13.4. The number of rotatable bonds is 3. The van der Waals surface area contributed by atoms with Gasteiger partial charge >= 0.3 is 0 Å². The molecule has 0 heterocycles. The van der Waals surface area contributed by atoms with Gasteiger partial charge in [0, 0.05) is 17.5 Å². The highest BCUT2D eigenvalue weighted by Crippen LogP contribution is 2.09. The monoisotopic (exact) mass is 229 g/mol. The lowest BCUT2D eigenvalue weighted by Gasteiger charge is -2.16. The first-order valence-corrected chi connectivity index (χ1v) is 5.69. The summed E-state index contributed by atoms with van der Waals surface area (Å²) in [5.74, 6) is 0.0661. The first-order valence-electron chi connectivity index (χ1n) is 5.69. The van der Waals surface area contributed by atoms with Crippen LogP contribution in [0, 0.1) is 0 Å². The molecule has 0 radical (unpaired) electrons. The third kappa shape index (κ3) is 5.83. The maximum Gasteiger partial charge on any atom is 0.164 e. The smallest absolute Gasteiger partial charge is 0.164 e.